The van der Waals surface area contributed by atoms with Crippen LogP contribution in [0, 0.1) is 0 Å². The van der Waals surface area contributed by atoms with Gasteiger partial charge in [-0.25, -0.2) is 9.79 Å². The van der Waals surface area contributed by atoms with Crippen LogP contribution >= 0.6 is 0 Å². The Bertz CT molecular complexity index is 999. The number of oxime groups is 1. The smallest absolute Gasteiger partial charge is 0.312 e. The monoisotopic (exact) mass is 300 g/mol. The number of fused-ring (bicyclic) bond motifs is 2. The van der Waals surface area contributed by atoms with Crippen LogP contribution in [0.2, 0.25) is 0 Å². The molecule has 0 unspecified atom stereocenters. The van der Waals surface area contributed by atoms with Gasteiger partial charge in [-0.3, -0.25) is 0 Å². The number of rotatable bonds is 2. The number of hydrogen-bond acceptors (Lipinski definition) is 4. The van der Waals surface area contributed by atoms with Crippen molar-refractivity contribution in [1.29, 1.82) is 0 Å². The van der Waals surface area contributed by atoms with E-state index in [4.69, 9.17) is 4.84 Å². The zero-order valence-electron chi connectivity index (χ0n) is 12.1. The van der Waals surface area contributed by atoms with Gasteiger partial charge < -0.3 is 4.84 Å². The Morgan fingerprint density at radius 3 is 2.65 bits per heavy atom. The molecule has 1 aliphatic heterocycles. The van der Waals surface area contributed by atoms with Crippen LogP contribution in [0.3, 0.4) is 0 Å². The van der Waals surface area contributed by atoms with Crippen molar-refractivity contribution in [1.82, 2.24) is 0 Å². The first-order chi connectivity index (χ1) is 11.3. The number of hydrogen-bond donors (Lipinski definition) is 0. The highest BCUT2D eigenvalue weighted by atomic mass is 16.7. The van der Waals surface area contributed by atoms with Gasteiger partial charge in [0.15, 0.2) is 0 Å². The summed E-state index contributed by atoms with van der Waals surface area (Å²) in [6, 6.07) is 16.6. The third kappa shape index (κ3) is 2.40. The molecule has 0 spiro atoms. The molecule has 2 aromatic carbocycles. The van der Waals surface area contributed by atoms with Crippen molar-refractivity contribution in [2.45, 2.75) is 0 Å². The molecular weight excluding hydrogens is 288 g/mol. The molecule has 0 bridgehead atoms. The average Bonchev–Trinajstić information content (AvgIpc) is 2.99. The Balaban J connectivity index is 1.71. The number of para-hydroxylation sites is 1. The molecule has 110 valence electrons. The van der Waals surface area contributed by atoms with Gasteiger partial charge in [0.2, 0.25) is 0 Å². The Morgan fingerprint density at radius 1 is 1.00 bits per heavy atom. The molecule has 0 atom stereocenters. The van der Waals surface area contributed by atoms with E-state index in [9.17, 15) is 4.79 Å². The Labute approximate surface area is 132 Å². The van der Waals surface area contributed by atoms with Crippen LogP contribution in [0.4, 0.5) is 0 Å². The van der Waals surface area contributed by atoms with Crippen molar-refractivity contribution >= 4 is 17.3 Å². The molecule has 0 radical (unpaired) electrons. The third-order valence-corrected chi connectivity index (χ3v) is 3.67. The molecule has 0 fully saturated rings. The molecule has 4 heteroatoms. The SMILES string of the molecule is O=C(ON=C1C=CC=C2N=c3ccccc3=C21)c1ccccc1. The predicted molar refractivity (Wildman–Crippen MR) is 87.1 cm³/mol. The van der Waals surface area contributed by atoms with E-state index in [0.29, 0.717) is 11.3 Å². The van der Waals surface area contributed by atoms with Crippen LogP contribution in [0.15, 0.2) is 88.7 Å². The minimum atomic E-state index is -0.480. The van der Waals surface area contributed by atoms with E-state index in [2.05, 4.69) is 10.1 Å². The van der Waals surface area contributed by atoms with E-state index < -0.39 is 5.97 Å². The quantitative estimate of drug-likeness (QED) is 0.630. The molecule has 23 heavy (non-hydrogen) atoms. The van der Waals surface area contributed by atoms with Crippen molar-refractivity contribution in [3.05, 3.63) is 94.7 Å². The third-order valence-electron chi connectivity index (χ3n) is 3.67. The Kier molecular flexibility index (Phi) is 3.20. The maximum Gasteiger partial charge on any atom is 0.365 e. The maximum atomic E-state index is 12.0. The lowest BCUT2D eigenvalue weighted by molar-refractivity contribution is 0.0517. The number of nitrogens with zero attached hydrogens (tertiary/aromatic N) is 2. The lowest BCUT2D eigenvalue weighted by Gasteiger charge is -2.08. The van der Waals surface area contributed by atoms with Crippen molar-refractivity contribution < 1.29 is 9.63 Å². The number of benzene rings is 2. The van der Waals surface area contributed by atoms with Gasteiger partial charge >= 0.3 is 5.97 Å². The summed E-state index contributed by atoms with van der Waals surface area (Å²) in [6.45, 7) is 0. The largest absolute Gasteiger partial charge is 0.365 e. The summed E-state index contributed by atoms with van der Waals surface area (Å²) in [5, 5.41) is 5.94. The molecule has 2 aromatic rings. The predicted octanol–water partition coefficient (Wildman–Crippen LogP) is 2.14. The molecule has 4 nitrogen and oxygen atoms in total. The second kappa shape index (κ2) is 5.50. The second-order valence-electron chi connectivity index (χ2n) is 5.14. The zero-order valence-corrected chi connectivity index (χ0v) is 12.1. The first-order valence-electron chi connectivity index (χ1n) is 7.24. The average molecular weight is 300 g/mol. The molecule has 4 rings (SSSR count). The summed E-state index contributed by atoms with van der Waals surface area (Å²) < 4.78 is 0. The first kappa shape index (κ1) is 13.4. The fourth-order valence-electron chi connectivity index (χ4n) is 2.60. The van der Waals surface area contributed by atoms with Crippen LogP contribution in [-0.2, 0) is 4.84 Å². The molecule has 0 amide bonds. The van der Waals surface area contributed by atoms with E-state index >= 15 is 0 Å². The zero-order chi connectivity index (χ0) is 15.6. The highest BCUT2D eigenvalue weighted by molar-refractivity contribution is 6.30. The lowest BCUT2D eigenvalue weighted by Crippen LogP contribution is -2.24. The summed E-state index contributed by atoms with van der Waals surface area (Å²) in [6.07, 6.45) is 5.59. The summed E-state index contributed by atoms with van der Waals surface area (Å²) in [7, 11) is 0. The highest BCUT2D eigenvalue weighted by Gasteiger charge is 2.20. The molecule has 0 saturated heterocycles. The molecular formula is C19H12N2O2. The van der Waals surface area contributed by atoms with E-state index in [-0.39, 0.29) is 0 Å². The Hall–Kier alpha value is -3.27. The van der Waals surface area contributed by atoms with Gasteiger partial charge in [0.05, 0.1) is 16.6 Å². The molecule has 0 aromatic heterocycles. The van der Waals surface area contributed by atoms with Crippen molar-refractivity contribution in [3.63, 3.8) is 0 Å². The van der Waals surface area contributed by atoms with E-state index in [1.807, 2.05) is 48.6 Å². The van der Waals surface area contributed by atoms with Crippen LogP contribution in [0.1, 0.15) is 10.4 Å². The lowest BCUT2D eigenvalue weighted by atomic mass is 10.0. The fraction of sp³-hybridized carbons (Fsp3) is 0. The molecule has 0 N–H and O–H groups in total. The van der Waals surface area contributed by atoms with Gasteiger partial charge in [-0.1, -0.05) is 47.6 Å². The van der Waals surface area contributed by atoms with Gasteiger partial charge in [-0.15, -0.1) is 0 Å². The van der Waals surface area contributed by atoms with E-state index in [1.165, 1.54) is 0 Å². The van der Waals surface area contributed by atoms with Crippen molar-refractivity contribution in [3.8, 4) is 0 Å². The number of carbonyl (C=O) groups is 1. The van der Waals surface area contributed by atoms with Crippen LogP contribution in [0.5, 0.6) is 0 Å². The normalized spacial score (nSPS) is 16.4. The highest BCUT2D eigenvalue weighted by Crippen LogP contribution is 2.21. The van der Waals surface area contributed by atoms with E-state index in [1.54, 1.807) is 24.3 Å². The van der Waals surface area contributed by atoms with Gasteiger partial charge in [-0.05, 0) is 30.4 Å². The second-order valence-corrected chi connectivity index (χ2v) is 5.14. The molecule has 0 saturated carbocycles. The van der Waals surface area contributed by atoms with Gasteiger partial charge in [0.1, 0.15) is 5.71 Å². The molecule has 2 aliphatic rings. The molecule has 1 heterocycles. The van der Waals surface area contributed by atoms with Gasteiger partial charge in [-0.2, -0.15) is 0 Å². The van der Waals surface area contributed by atoms with Crippen molar-refractivity contribution in [2.24, 2.45) is 10.1 Å². The summed E-state index contributed by atoms with van der Waals surface area (Å²) in [4.78, 5) is 21.7. The van der Waals surface area contributed by atoms with Gasteiger partial charge in [0, 0.05) is 10.8 Å². The molecule has 1 aliphatic carbocycles. The van der Waals surface area contributed by atoms with Crippen LogP contribution in [0.25, 0.3) is 5.57 Å². The maximum absolute atomic E-state index is 12.0. The van der Waals surface area contributed by atoms with Crippen molar-refractivity contribution in [2.75, 3.05) is 0 Å². The minimum Gasteiger partial charge on any atom is -0.312 e. The summed E-state index contributed by atoms with van der Waals surface area (Å²) >= 11 is 0. The van der Waals surface area contributed by atoms with Gasteiger partial charge in [0.25, 0.3) is 0 Å². The fourth-order valence-corrected chi connectivity index (χ4v) is 2.60. The van der Waals surface area contributed by atoms with Crippen LogP contribution in [-0.4, -0.2) is 11.7 Å². The minimum absolute atomic E-state index is 0.467. The Morgan fingerprint density at radius 2 is 1.78 bits per heavy atom. The summed E-state index contributed by atoms with van der Waals surface area (Å²) in [5.41, 5.74) is 2.79. The number of carbonyl (C=O) groups excluding carboxylic acids is 1. The topological polar surface area (TPSA) is 51.0 Å². The first-order valence-corrected chi connectivity index (χ1v) is 7.24. The summed E-state index contributed by atoms with van der Waals surface area (Å²) in [5.74, 6) is -0.480. The van der Waals surface area contributed by atoms with E-state index in [0.717, 1.165) is 21.8 Å². The number of allylic oxidation sites excluding steroid dienone is 4. The standard InChI is InChI=1S/C19H12N2O2/c22-19(13-7-2-1-3-8-13)23-21-17-12-6-11-16-18(17)14-9-4-5-10-15(14)20-16/h1-12H. The van der Waals surface area contributed by atoms with Crippen LogP contribution < -0.4 is 10.6 Å².